The van der Waals surface area contributed by atoms with Gasteiger partial charge in [0.05, 0.1) is 13.1 Å². The van der Waals surface area contributed by atoms with Crippen LogP contribution in [-0.2, 0) is 13.6 Å². The van der Waals surface area contributed by atoms with E-state index in [4.69, 9.17) is 4.74 Å². The summed E-state index contributed by atoms with van der Waals surface area (Å²) in [6.45, 7) is 1.89. The molecule has 1 N–H and O–H groups in total. The van der Waals surface area contributed by atoms with Crippen LogP contribution in [0.1, 0.15) is 5.82 Å². The van der Waals surface area contributed by atoms with Gasteiger partial charge in [-0.05, 0) is 12.1 Å². The molecular formula is C15H23IN6O. The van der Waals surface area contributed by atoms with Gasteiger partial charge < -0.3 is 19.5 Å². The first-order valence-corrected chi connectivity index (χ1v) is 7.13. The van der Waals surface area contributed by atoms with Gasteiger partial charge in [0.15, 0.2) is 11.8 Å². The molecule has 2 rings (SSSR count). The van der Waals surface area contributed by atoms with Crippen LogP contribution >= 0.6 is 24.0 Å². The Hall–Kier alpha value is -1.84. The molecule has 0 bridgehead atoms. The fraction of sp³-hybridized carbons (Fsp3) is 0.400. The molecule has 1 aromatic carbocycles. The van der Waals surface area contributed by atoms with Gasteiger partial charge >= 0.3 is 0 Å². The first-order valence-electron chi connectivity index (χ1n) is 7.13. The molecule has 0 saturated carbocycles. The molecule has 126 valence electrons. The molecular weight excluding hydrogens is 407 g/mol. The summed E-state index contributed by atoms with van der Waals surface area (Å²) in [7, 11) is 5.64. The van der Waals surface area contributed by atoms with E-state index in [-0.39, 0.29) is 24.0 Å². The molecule has 2 aromatic rings. The molecule has 0 saturated heterocycles. The van der Waals surface area contributed by atoms with Crippen molar-refractivity contribution in [1.82, 2.24) is 25.0 Å². The van der Waals surface area contributed by atoms with Crippen LogP contribution in [-0.4, -0.2) is 52.9 Å². The molecule has 0 radical (unpaired) electrons. The minimum Gasteiger partial charge on any atom is -0.492 e. The van der Waals surface area contributed by atoms with Crippen molar-refractivity contribution in [3.63, 3.8) is 0 Å². The van der Waals surface area contributed by atoms with Crippen LogP contribution in [0.15, 0.2) is 41.7 Å². The van der Waals surface area contributed by atoms with E-state index in [1.807, 2.05) is 53.9 Å². The monoisotopic (exact) mass is 430 g/mol. The summed E-state index contributed by atoms with van der Waals surface area (Å²) in [6.07, 6.45) is 1.68. The molecule has 1 aromatic heterocycles. The number of rotatable bonds is 6. The van der Waals surface area contributed by atoms with Crippen molar-refractivity contribution in [3.8, 4) is 5.75 Å². The predicted molar refractivity (Wildman–Crippen MR) is 101 cm³/mol. The number of nitrogens with one attached hydrogen (secondary N) is 1. The maximum atomic E-state index is 5.69. The lowest BCUT2D eigenvalue weighted by Gasteiger charge is -2.22. The number of guanidine groups is 1. The molecule has 1 heterocycles. The molecule has 0 unspecified atom stereocenters. The van der Waals surface area contributed by atoms with Crippen LogP contribution < -0.4 is 10.1 Å². The molecule has 0 aliphatic heterocycles. The second-order valence-electron chi connectivity index (χ2n) is 4.84. The van der Waals surface area contributed by atoms with Crippen molar-refractivity contribution in [1.29, 1.82) is 0 Å². The third kappa shape index (κ3) is 6.05. The number of likely N-dealkylation sites (N-methyl/N-ethyl adjacent to an activating group) is 1. The van der Waals surface area contributed by atoms with Gasteiger partial charge in [-0.25, -0.2) is 0 Å². The minimum absolute atomic E-state index is 0. The van der Waals surface area contributed by atoms with E-state index in [1.165, 1.54) is 0 Å². The number of para-hydroxylation sites is 1. The van der Waals surface area contributed by atoms with Gasteiger partial charge in [-0.15, -0.1) is 34.2 Å². The standard InChI is InChI=1S/C15H22N6O.HI/c1-16-15(17-11-14-19-18-12-21(14)3)20(2)9-10-22-13-7-5-4-6-8-13;/h4-8,12H,9-11H2,1-3H3,(H,16,17);1H. The van der Waals surface area contributed by atoms with Crippen LogP contribution in [0, 0.1) is 0 Å². The zero-order valence-electron chi connectivity index (χ0n) is 13.6. The van der Waals surface area contributed by atoms with Gasteiger partial charge in [0.2, 0.25) is 0 Å². The Morgan fingerprint density at radius 3 is 2.70 bits per heavy atom. The Balaban J connectivity index is 0.00000264. The van der Waals surface area contributed by atoms with Crippen LogP contribution in [0.25, 0.3) is 0 Å². The average Bonchev–Trinajstić information content (AvgIpc) is 2.94. The Morgan fingerprint density at radius 2 is 2.09 bits per heavy atom. The maximum absolute atomic E-state index is 5.69. The normalized spacial score (nSPS) is 10.8. The highest BCUT2D eigenvalue weighted by molar-refractivity contribution is 14.0. The van der Waals surface area contributed by atoms with E-state index in [0.717, 1.165) is 24.1 Å². The summed E-state index contributed by atoms with van der Waals surface area (Å²) in [6, 6.07) is 9.78. The Morgan fingerprint density at radius 1 is 1.35 bits per heavy atom. The Bertz CT molecular complexity index is 601. The number of hydrogen-bond donors (Lipinski definition) is 1. The van der Waals surface area contributed by atoms with Gasteiger partial charge in [-0.3, -0.25) is 4.99 Å². The molecule has 0 aliphatic rings. The van der Waals surface area contributed by atoms with Crippen molar-refractivity contribution < 1.29 is 4.74 Å². The molecule has 0 aliphatic carbocycles. The minimum atomic E-state index is 0. The lowest BCUT2D eigenvalue weighted by atomic mass is 10.3. The van der Waals surface area contributed by atoms with Crippen molar-refractivity contribution in [3.05, 3.63) is 42.5 Å². The van der Waals surface area contributed by atoms with E-state index >= 15 is 0 Å². The number of benzene rings is 1. The zero-order valence-corrected chi connectivity index (χ0v) is 16.0. The third-order valence-corrected chi connectivity index (χ3v) is 3.22. The number of aromatic nitrogens is 3. The number of aryl methyl sites for hydroxylation is 1. The second-order valence-corrected chi connectivity index (χ2v) is 4.84. The smallest absolute Gasteiger partial charge is 0.193 e. The highest BCUT2D eigenvalue weighted by Crippen LogP contribution is 2.07. The van der Waals surface area contributed by atoms with Gasteiger partial charge in [0.25, 0.3) is 0 Å². The molecule has 0 fully saturated rings. The van der Waals surface area contributed by atoms with E-state index in [1.54, 1.807) is 13.4 Å². The van der Waals surface area contributed by atoms with Crippen molar-refractivity contribution in [2.75, 3.05) is 27.2 Å². The zero-order chi connectivity index (χ0) is 15.8. The molecule has 8 heteroatoms. The number of ether oxygens (including phenoxy) is 1. The molecule has 7 nitrogen and oxygen atoms in total. The van der Waals surface area contributed by atoms with Crippen LogP contribution in [0.3, 0.4) is 0 Å². The summed E-state index contributed by atoms with van der Waals surface area (Å²) in [5.74, 6) is 2.52. The van der Waals surface area contributed by atoms with Crippen molar-refractivity contribution in [2.24, 2.45) is 12.0 Å². The van der Waals surface area contributed by atoms with Crippen molar-refractivity contribution >= 4 is 29.9 Å². The number of aliphatic imine (C=N–C) groups is 1. The lowest BCUT2D eigenvalue weighted by Crippen LogP contribution is -2.40. The molecule has 0 atom stereocenters. The summed E-state index contributed by atoms with van der Waals surface area (Å²) in [4.78, 5) is 6.27. The molecule has 23 heavy (non-hydrogen) atoms. The highest BCUT2D eigenvalue weighted by atomic mass is 127. The highest BCUT2D eigenvalue weighted by Gasteiger charge is 2.07. The first kappa shape index (κ1) is 19.2. The van der Waals surface area contributed by atoms with Crippen LogP contribution in [0.4, 0.5) is 0 Å². The fourth-order valence-electron chi connectivity index (χ4n) is 1.93. The third-order valence-electron chi connectivity index (χ3n) is 3.22. The first-order chi connectivity index (χ1) is 10.7. The van der Waals surface area contributed by atoms with Crippen LogP contribution in [0.5, 0.6) is 5.75 Å². The topological polar surface area (TPSA) is 67.6 Å². The van der Waals surface area contributed by atoms with Gasteiger partial charge in [-0.2, -0.15) is 0 Å². The molecule has 0 spiro atoms. The second kappa shape index (κ2) is 10.0. The largest absolute Gasteiger partial charge is 0.492 e. The quantitative estimate of drug-likeness (QED) is 0.428. The maximum Gasteiger partial charge on any atom is 0.193 e. The van der Waals surface area contributed by atoms with Crippen LogP contribution in [0.2, 0.25) is 0 Å². The average molecular weight is 430 g/mol. The number of halogens is 1. The van der Waals surface area contributed by atoms with Gasteiger partial charge in [0, 0.05) is 21.1 Å². The SMILES string of the molecule is CN=C(NCc1nncn1C)N(C)CCOc1ccccc1.I. The summed E-state index contributed by atoms with van der Waals surface area (Å²) in [5, 5.41) is 11.1. The summed E-state index contributed by atoms with van der Waals surface area (Å²) >= 11 is 0. The van der Waals surface area contributed by atoms with E-state index in [9.17, 15) is 0 Å². The molecule has 0 amide bonds. The Kier molecular flexibility index (Phi) is 8.38. The Labute approximate surface area is 153 Å². The fourth-order valence-corrected chi connectivity index (χ4v) is 1.93. The predicted octanol–water partition coefficient (Wildman–Crippen LogP) is 1.52. The van der Waals surface area contributed by atoms with E-state index in [2.05, 4.69) is 20.5 Å². The van der Waals surface area contributed by atoms with E-state index in [0.29, 0.717) is 13.2 Å². The number of hydrogen-bond acceptors (Lipinski definition) is 4. The van der Waals surface area contributed by atoms with Gasteiger partial charge in [-0.1, -0.05) is 18.2 Å². The number of nitrogens with zero attached hydrogens (tertiary/aromatic N) is 5. The summed E-state index contributed by atoms with van der Waals surface area (Å²) in [5.41, 5.74) is 0. The lowest BCUT2D eigenvalue weighted by molar-refractivity contribution is 0.281. The van der Waals surface area contributed by atoms with Crippen molar-refractivity contribution in [2.45, 2.75) is 6.54 Å². The van der Waals surface area contributed by atoms with E-state index < -0.39 is 0 Å². The van der Waals surface area contributed by atoms with Gasteiger partial charge in [0.1, 0.15) is 18.7 Å². The summed E-state index contributed by atoms with van der Waals surface area (Å²) < 4.78 is 7.56.